The molecule has 0 unspecified atom stereocenters. The lowest BCUT2D eigenvalue weighted by molar-refractivity contribution is 0.466. The fourth-order valence-corrected chi connectivity index (χ4v) is 9.19. The Balaban J connectivity index is 1.42. The summed E-state index contributed by atoms with van der Waals surface area (Å²) in [6.07, 6.45) is 1.85. The van der Waals surface area contributed by atoms with Gasteiger partial charge in [0.05, 0.1) is 28.0 Å². The summed E-state index contributed by atoms with van der Waals surface area (Å²) in [5.41, 5.74) is 15.1. The molecule has 0 aliphatic rings. The van der Waals surface area contributed by atoms with Crippen LogP contribution in [0.1, 0.15) is 165 Å². The Labute approximate surface area is 401 Å². The molecule has 0 bridgehead atoms. The zero-order valence-corrected chi connectivity index (χ0v) is 41.1. The van der Waals surface area contributed by atoms with Crippen molar-refractivity contribution in [2.75, 3.05) is 0 Å². The summed E-state index contributed by atoms with van der Waals surface area (Å²) in [4.78, 5) is 10.4. The lowest BCUT2D eigenvalue weighted by Gasteiger charge is -2.22. The lowest BCUT2D eigenvalue weighted by atomic mass is 9.83. The number of phenols is 1. The predicted octanol–water partition coefficient (Wildman–Crippen LogP) is 17.7. The molecular formula is C62H69N3O. The molecule has 0 fully saturated rings. The van der Waals surface area contributed by atoms with E-state index >= 15 is 0 Å². The van der Waals surface area contributed by atoms with Crippen LogP contribution in [0.3, 0.4) is 0 Å². The number of rotatable bonds is 11. The molecule has 1 N–H and O–H groups in total. The van der Waals surface area contributed by atoms with Crippen molar-refractivity contribution in [3.63, 3.8) is 0 Å². The van der Waals surface area contributed by atoms with Gasteiger partial charge in [-0.2, -0.15) is 0 Å². The highest BCUT2D eigenvalue weighted by Gasteiger charge is 2.26. The molecule has 338 valence electrons. The number of nitrogens with zero attached hydrogens (tertiary/aromatic N) is 3. The largest absolute Gasteiger partial charge is 0.507 e. The Hall–Kier alpha value is -6.26. The summed E-state index contributed by atoms with van der Waals surface area (Å²) in [5, 5.41) is 12.4. The Morgan fingerprint density at radius 2 is 1.26 bits per heavy atom. The molecule has 0 aliphatic heterocycles. The molecule has 2 heterocycles. The minimum atomic E-state index is -2.57. The molecule has 0 amide bonds. The molecule has 8 aromatic rings. The number of aryl methyl sites for hydroxylation is 1. The zero-order chi connectivity index (χ0) is 51.7. The number of hydrogen-bond acceptors (Lipinski definition) is 3. The number of aromatic hydroxyl groups is 1. The average molecular weight is 877 g/mol. The van der Waals surface area contributed by atoms with E-state index in [9.17, 15) is 6.48 Å². The van der Waals surface area contributed by atoms with E-state index in [-0.39, 0.29) is 34.5 Å². The first-order chi connectivity index (χ1) is 33.1. The first-order valence-electron chi connectivity index (χ1n) is 26.0. The molecule has 8 rings (SSSR count). The van der Waals surface area contributed by atoms with Gasteiger partial charge in [0.25, 0.3) is 0 Å². The van der Waals surface area contributed by atoms with E-state index in [1.165, 1.54) is 0 Å². The third-order valence-corrected chi connectivity index (χ3v) is 13.1. The number of hydrogen-bond donors (Lipinski definition) is 1. The Morgan fingerprint density at radius 3 is 1.91 bits per heavy atom. The van der Waals surface area contributed by atoms with Gasteiger partial charge < -0.3 is 5.11 Å². The van der Waals surface area contributed by atoms with Crippen molar-refractivity contribution in [3.8, 4) is 67.5 Å². The molecule has 0 spiro atoms. The third kappa shape index (κ3) is 8.87. The second-order valence-corrected chi connectivity index (χ2v) is 20.5. The summed E-state index contributed by atoms with van der Waals surface area (Å²) in [5.74, 6) is -0.855. The molecule has 4 nitrogen and oxygen atoms in total. The van der Waals surface area contributed by atoms with E-state index in [0.29, 0.717) is 28.1 Å². The number of aromatic nitrogens is 3. The van der Waals surface area contributed by atoms with Crippen molar-refractivity contribution in [2.24, 2.45) is 0 Å². The van der Waals surface area contributed by atoms with Gasteiger partial charge in [0.1, 0.15) is 11.6 Å². The SMILES string of the molecule is [2H]C([2H])([2H])c1cc(-c2c(C(C)C)cccc2C([2H])(C)C)ccc1-n1c(-c2cc(C(C)C)cc(C(C)C)c2O)nc2c(-c3cc(-c4cc(-c5ccc(C([2H])(C)C)cc5)ccn4)cc(C(C)(C)C)c3)cccc21. The summed E-state index contributed by atoms with van der Waals surface area (Å²) in [7, 11) is 0. The highest BCUT2D eigenvalue weighted by atomic mass is 16.3. The third-order valence-electron chi connectivity index (χ3n) is 13.1. The molecular weight excluding hydrogens is 803 g/mol. The monoisotopic (exact) mass is 877 g/mol. The van der Waals surface area contributed by atoms with E-state index in [4.69, 9.17) is 15.5 Å². The number of para-hydroxylation sites is 1. The number of benzene rings is 6. The van der Waals surface area contributed by atoms with Crippen molar-refractivity contribution >= 4 is 11.0 Å². The summed E-state index contributed by atoms with van der Waals surface area (Å²) >= 11 is 0. The number of fused-ring (bicyclic) bond motifs is 1. The molecule has 66 heavy (non-hydrogen) atoms. The second-order valence-electron chi connectivity index (χ2n) is 20.5. The molecule has 0 radical (unpaired) electrons. The minimum absolute atomic E-state index is 0.00464. The fourth-order valence-electron chi connectivity index (χ4n) is 9.19. The Bertz CT molecular complexity index is 3280. The quantitative estimate of drug-likeness (QED) is 0.141. The molecule has 2 aromatic heterocycles. The van der Waals surface area contributed by atoms with Crippen LogP contribution in [0, 0.1) is 6.85 Å². The van der Waals surface area contributed by atoms with Gasteiger partial charge in [0.2, 0.25) is 0 Å². The van der Waals surface area contributed by atoms with E-state index < -0.39 is 18.6 Å². The van der Waals surface area contributed by atoms with Crippen molar-refractivity contribution in [1.82, 2.24) is 14.5 Å². The van der Waals surface area contributed by atoms with E-state index in [2.05, 4.69) is 117 Å². The smallest absolute Gasteiger partial charge is 0.149 e. The zero-order valence-electron chi connectivity index (χ0n) is 46.1. The lowest BCUT2D eigenvalue weighted by Crippen LogP contribution is -2.11. The van der Waals surface area contributed by atoms with Gasteiger partial charge in [-0.3, -0.25) is 9.55 Å². The van der Waals surface area contributed by atoms with Crippen LogP contribution in [0.25, 0.3) is 72.7 Å². The van der Waals surface area contributed by atoms with Gasteiger partial charge in [0.15, 0.2) is 0 Å². The van der Waals surface area contributed by atoms with E-state index in [0.717, 1.165) is 78.0 Å². The average Bonchev–Trinajstić information content (AvgIpc) is 3.69. The minimum Gasteiger partial charge on any atom is -0.507 e. The van der Waals surface area contributed by atoms with Gasteiger partial charge in [0, 0.05) is 24.2 Å². The predicted molar refractivity (Wildman–Crippen MR) is 282 cm³/mol. The molecule has 0 saturated carbocycles. The Morgan fingerprint density at radius 1 is 0.576 bits per heavy atom. The van der Waals surface area contributed by atoms with Crippen LogP contribution in [-0.2, 0) is 5.41 Å². The number of phenolic OH excluding ortho intramolecular Hbond substituents is 1. The van der Waals surface area contributed by atoms with Gasteiger partial charge in [-0.1, -0.05) is 163 Å². The van der Waals surface area contributed by atoms with Gasteiger partial charge in [-0.25, -0.2) is 4.98 Å². The normalized spacial score (nSPS) is 13.8. The van der Waals surface area contributed by atoms with Crippen LogP contribution in [0.4, 0.5) is 0 Å². The Kier molecular flexibility index (Phi) is 11.0. The van der Waals surface area contributed by atoms with Crippen LogP contribution < -0.4 is 0 Å². The summed E-state index contributed by atoms with van der Waals surface area (Å²) in [6, 6.07) is 40.7. The topological polar surface area (TPSA) is 50.9 Å². The summed E-state index contributed by atoms with van der Waals surface area (Å²) in [6.45, 7) is 24.2. The first kappa shape index (κ1) is 40.1. The van der Waals surface area contributed by atoms with Crippen LogP contribution in [0.5, 0.6) is 5.75 Å². The fraction of sp³-hybridized carbons (Fsp3) is 0.323. The van der Waals surface area contributed by atoms with Gasteiger partial charge in [-0.15, -0.1) is 0 Å². The van der Waals surface area contributed by atoms with Gasteiger partial charge in [-0.05, 0) is 157 Å². The number of pyridine rings is 1. The maximum Gasteiger partial charge on any atom is 0.149 e. The van der Waals surface area contributed by atoms with Crippen LogP contribution >= 0.6 is 0 Å². The summed E-state index contributed by atoms with van der Waals surface area (Å²) < 4.78 is 47.1. The molecule has 6 aromatic carbocycles. The van der Waals surface area contributed by atoms with Crippen LogP contribution in [0.15, 0.2) is 128 Å². The number of imidazole rings is 1. The van der Waals surface area contributed by atoms with E-state index in [1.54, 1.807) is 6.07 Å². The van der Waals surface area contributed by atoms with Crippen molar-refractivity contribution < 1.29 is 12.0 Å². The van der Waals surface area contributed by atoms with Crippen molar-refractivity contribution in [2.45, 2.75) is 132 Å². The molecule has 0 atom stereocenters. The standard InChI is InChI=1S/C62H69N3O/c1-36(2)42-21-23-43(24-22-42)44-27-28-63-55(35-44)48-30-47(31-49(32-48)62(12,13)14)52-19-16-20-57-59(52)64-61(54-34-46(37(3)4)33-53(40(9)10)60(54)66)65(57)56-26-25-45(29-41(56)11)58-50(38(5)6)17-15-18-51(58)39(7)8/h15-40,66H,1-14H3/i11D3,36D,38D. The van der Waals surface area contributed by atoms with Crippen molar-refractivity contribution in [1.29, 1.82) is 0 Å². The van der Waals surface area contributed by atoms with E-state index in [1.807, 2.05) is 99.1 Å². The van der Waals surface area contributed by atoms with Crippen LogP contribution in [-0.4, -0.2) is 19.6 Å². The highest BCUT2D eigenvalue weighted by Crippen LogP contribution is 2.45. The molecule has 0 aliphatic carbocycles. The maximum absolute atomic E-state index is 12.4. The first-order valence-corrected chi connectivity index (χ1v) is 23.5. The van der Waals surface area contributed by atoms with Crippen LogP contribution in [0.2, 0.25) is 0 Å². The highest BCUT2D eigenvalue weighted by molar-refractivity contribution is 5.97. The second kappa shape index (κ2) is 18.2. The maximum atomic E-state index is 12.4. The van der Waals surface area contributed by atoms with Crippen molar-refractivity contribution in [3.05, 3.63) is 166 Å². The molecule has 4 heteroatoms. The van der Waals surface area contributed by atoms with Gasteiger partial charge >= 0.3 is 0 Å². The molecule has 0 saturated heterocycles.